The minimum atomic E-state index is -0.618. The summed E-state index contributed by atoms with van der Waals surface area (Å²) in [6.45, 7) is 1.91. The number of hydrogen-bond donors (Lipinski definition) is 1. The lowest BCUT2D eigenvalue weighted by molar-refractivity contribution is 0.102. The van der Waals surface area contributed by atoms with E-state index in [4.69, 9.17) is 0 Å². The van der Waals surface area contributed by atoms with Crippen molar-refractivity contribution in [3.05, 3.63) is 71.9 Å². The Bertz CT molecular complexity index is 774. The molecule has 0 aliphatic heterocycles. The van der Waals surface area contributed by atoms with Gasteiger partial charge in [0.05, 0.1) is 5.52 Å². The molecule has 2 aromatic carbocycles. The molecular formula is C18H17NO2. The largest absolute Gasteiger partial charge is 0.373 e. The van der Waals surface area contributed by atoms with Gasteiger partial charge in [0.25, 0.3) is 0 Å². The van der Waals surface area contributed by atoms with Crippen molar-refractivity contribution in [1.82, 2.24) is 4.57 Å². The first-order valence-electron chi connectivity index (χ1n) is 7.09. The highest BCUT2D eigenvalue weighted by molar-refractivity contribution is 6.16. The molecule has 1 N–H and O–H groups in total. The highest BCUT2D eigenvalue weighted by Crippen LogP contribution is 2.26. The summed E-state index contributed by atoms with van der Waals surface area (Å²) >= 11 is 0. The minimum absolute atomic E-state index is 0.0196. The first kappa shape index (κ1) is 13.6. The number of carbonyl (C=O) groups is 1. The number of benzene rings is 2. The van der Waals surface area contributed by atoms with Gasteiger partial charge in [0.2, 0.25) is 0 Å². The van der Waals surface area contributed by atoms with Crippen molar-refractivity contribution in [2.24, 2.45) is 0 Å². The third kappa shape index (κ3) is 2.36. The third-order valence-corrected chi connectivity index (χ3v) is 3.71. The van der Waals surface area contributed by atoms with Gasteiger partial charge in [-0.2, -0.15) is 0 Å². The Morgan fingerprint density at radius 1 is 1.10 bits per heavy atom. The van der Waals surface area contributed by atoms with Gasteiger partial charge in [0, 0.05) is 22.7 Å². The Balaban J connectivity index is 2.17. The van der Waals surface area contributed by atoms with Crippen molar-refractivity contribution >= 4 is 16.7 Å². The van der Waals surface area contributed by atoms with Crippen molar-refractivity contribution in [2.45, 2.75) is 19.6 Å². The Kier molecular flexibility index (Phi) is 3.59. The molecular weight excluding hydrogens is 262 g/mol. The van der Waals surface area contributed by atoms with E-state index in [9.17, 15) is 9.90 Å². The van der Waals surface area contributed by atoms with Crippen LogP contribution in [-0.2, 0) is 0 Å². The number of aromatic nitrogens is 1. The van der Waals surface area contributed by atoms with Gasteiger partial charge in [0.15, 0.2) is 5.78 Å². The number of aliphatic hydroxyl groups is 1. The molecule has 106 valence electrons. The Morgan fingerprint density at radius 2 is 1.76 bits per heavy atom. The van der Waals surface area contributed by atoms with E-state index in [1.807, 2.05) is 61.5 Å². The first-order chi connectivity index (χ1) is 10.2. The fourth-order valence-corrected chi connectivity index (χ4v) is 2.57. The quantitative estimate of drug-likeness (QED) is 0.739. The predicted molar refractivity (Wildman–Crippen MR) is 83.4 cm³/mol. The molecule has 0 bridgehead atoms. The summed E-state index contributed by atoms with van der Waals surface area (Å²) in [7, 11) is 0. The van der Waals surface area contributed by atoms with E-state index >= 15 is 0 Å². The molecule has 21 heavy (non-hydrogen) atoms. The van der Waals surface area contributed by atoms with Crippen molar-refractivity contribution in [1.29, 1.82) is 0 Å². The molecule has 1 unspecified atom stereocenters. The van der Waals surface area contributed by atoms with Crippen LogP contribution in [0, 0.1) is 0 Å². The molecule has 0 saturated carbocycles. The maximum Gasteiger partial charge on any atom is 0.195 e. The van der Waals surface area contributed by atoms with Gasteiger partial charge in [-0.1, -0.05) is 55.5 Å². The lowest BCUT2D eigenvalue weighted by atomic mass is 10.0. The van der Waals surface area contributed by atoms with Crippen molar-refractivity contribution in [3.8, 4) is 0 Å². The SMILES string of the molecule is CCC(O)n1cc(C(=O)c2ccccc2)c2ccccc21. The van der Waals surface area contributed by atoms with Crippen molar-refractivity contribution in [3.63, 3.8) is 0 Å². The number of aliphatic hydroxyl groups excluding tert-OH is 1. The van der Waals surface area contributed by atoms with Crippen LogP contribution in [0.25, 0.3) is 10.9 Å². The predicted octanol–water partition coefficient (Wildman–Crippen LogP) is 3.77. The zero-order chi connectivity index (χ0) is 14.8. The Morgan fingerprint density at radius 3 is 2.48 bits per heavy atom. The smallest absolute Gasteiger partial charge is 0.195 e. The lowest BCUT2D eigenvalue weighted by Gasteiger charge is -2.11. The zero-order valence-electron chi connectivity index (χ0n) is 11.9. The molecule has 0 radical (unpaired) electrons. The molecule has 3 rings (SSSR count). The molecule has 3 heteroatoms. The number of ketones is 1. The summed E-state index contributed by atoms with van der Waals surface area (Å²) in [5.74, 6) is -0.0196. The standard InChI is InChI=1S/C18H17NO2/c1-2-17(20)19-12-15(14-10-6-7-11-16(14)19)18(21)13-8-4-3-5-9-13/h3-12,17,20H,2H2,1H3. The molecule has 1 aromatic heterocycles. The molecule has 1 atom stereocenters. The normalized spacial score (nSPS) is 12.5. The average Bonchev–Trinajstić information content (AvgIpc) is 2.94. The van der Waals surface area contributed by atoms with Gasteiger partial charge in [0.1, 0.15) is 6.23 Å². The summed E-state index contributed by atoms with van der Waals surface area (Å²) in [5, 5.41) is 11.0. The molecule has 0 saturated heterocycles. The maximum atomic E-state index is 12.7. The van der Waals surface area contributed by atoms with E-state index in [0.29, 0.717) is 17.5 Å². The summed E-state index contributed by atoms with van der Waals surface area (Å²) in [6.07, 6.45) is 1.73. The number of para-hydroxylation sites is 1. The third-order valence-electron chi connectivity index (χ3n) is 3.71. The van der Waals surface area contributed by atoms with E-state index in [2.05, 4.69) is 0 Å². The monoisotopic (exact) mass is 279 g/mol. The van der Waals surface area contributed by atoms with Gasteiger partial charge in [-0.25, -0.2) is 0 Å². The van der Waals surface area contributed by atoms with E-state index in [1.54, 1.807) is 10.8 Å². The van der Waals surface area contributed by atoms with Crippen LogP contribution in [0.5, 0.6) is 0 Å². The number of nitrogens with zero attached hydrogens (tertiary/aromatic N) is 1. The number of carbonyl (C=O) groups excluding carboxylic acids is 1. The van der Waals surface area contributed by atoms with E-state index in [-0.39, 0.29) is 5.78 Å². The molecule has 0 amide bonds. The van der Waals surface area contributed by atoms with Crippen molar-refractivity contribution < 1.29 is 9.90 Å². The van der Waals surface area contributed by atoms with E-state index in [0.717, 1.165) is 10.9 Å². The Hall–Kier alpha value is -2.39. The summed E-state index contributed by atoms with van der Waals surface area (Å²) in [6, 6.07) is 16.9. The zero-order valence-corrected chi connectivity index (χ0v) is 11.9. The van der Waals surface area contributed by atoms with Gasteiger partial charge in [-0.05, 0) is 12.5 Å². The first-order valence-corrected chi connectivity index (χ1v) is 7.09. The molecule has 1 heterocycles. The van der Waals surface area contributed by atoms with Crippen LogP contribution in [0.2, 0.25) is 0 Å². The molecule has 0 aliphatic rings. The summed E-state index contributed by atoms with van der Waals surface area (Å²) < 4.78 is 1.77. The van der Waals surface area contributed by atoms with Gasteiger partial charge in [-0.15, -0.1) is 0 Å². The molecule has 0 fully saturated rings. The van der Waals surface area contributed by atoms with E-state index in [1.165, 1.54) is 0 Å². The van der Waals surface area contributed by atoms with Crippen LogP contribution in [-0.4, -0.2) is 15.5 Å². The van der Waals surface area contributed by atoms with Crippen LogP contribution in [0.15, 0.2) is 60.8 Å². The summed E-state index contributed by atoms with van der Waals surface area (Å²) in [5.41, 5.74) is 2.17. The van der Waals surface area contributed by atoms with E-state index < -0.39 is 6.23 Å². The van der Waals surface area contributed by atoms with Crippen LogP contribution in [0.3, 0.4) is 0 Å². The van der Waals surface area contributed by atoms with Gasteiger partial charge >= 0.3 is 0 Å². The molecule has 3 aromatic rings. The van der Waals surface area contributed by atoms with Gasteiger partial charge in [-0.3, -0.25) is 4.79 Å². The molecule has 0 spiro atoms. The lowest BCUT2D eigenvalue weighted by Crippen LogP contribution is -2.05. The fourth-order valence-electron chi connectivity index (χ4n) is 2.57. The van der Waals surface area contributed by atoms with Gasteiger partial charge < -0.3 is 9.67 Å². The maximum absolute atomic E-state index is 12.7. The molecule has 0 aliphatic carbocycles. The topological polar surface area (TPSA) is 42.2 Å². The van der Waals surface area contributed by atoms with Crippen LogP contribution >= 0.6 is 0 Å². The fraction of sp³-hybridized carbons (Fsp3) is 0.167. The average molecular weight is 279 g/mol. The highest BCUT2D eigenvalue weighted by Gasteiger charge is 2.18. The van der Waals surface area contributed by atoms with Crippen LogP contribution in [0.1, 0.15) is 35.5 Å². The van der Waals surface area contributed by atoms with Crippen LogP contribution < -0.4 is 0 Å². The second-order valence-corrected chi connectivity index (χ2v) is 5.05. The van der Waals surface area contributed by atoms with Crippen molar-refractivity contribution in [2.75, 3.05) is 0 Å². The summed E-state index contributed by atoms with van der Waals surface area (Å²) in [4.78, 5) is 12.7. The number of hydrogen-bond acceptors (Lipinski definition) is 2. The highest BCUT2D eigenvalue weighted by atomic mass is 16.3. The Labute approximate surface area is 123 Å². The minimum Gasteiger partial charge on any atom is -0.373 e. The number of fused-ring (bicyclic) bond motifs is 1. The van der Waals surface area contributed by atoms with Crippen LogP contribution in [0.4, 0.5) is 0 Å². The second-order valence-electron chi connectivity index (χ2n) is 5.05. The molecule has 3 nitrogen and oxygen atoms in total. The second kappa shape index (κ2) is 5.54. The number of rotatable bonds is 4.